The SMILES string of the molecule is C[C@@H]1CO[C@H](c2ccccc2Cl)CN1C(=O)[C@H]1CC12CCNCC2. The van der Waals surface area contributed by atoms with Gasteiger partial charge >= 0.3 is 0 Å². The summed E-state index contributed by atoms with van der Waals surface area (Å²) in [6.45, 7) is 5.35. The molecular formula is C19H25ClN2O2. The molecule has 2 aliphatic heterocycles. The fraction of sp³-hybridized carbons (Fsp3) is 0.632. The van der Waals surface area contributed by atoms with E-state index in [1.54, 1.807) is 0 Å². The minimum absolute atomic E-state index is 0.124. The molecule has 1 amide bonds. The molecule has 2 saturated heterocycles. The lowest BCUT2D eigenvalue weighted by molar-refractivity contribution is -0.147. The second-order valence-electron chi connectivity index (χ2n) is 7.55. The van der Waals surface area contributed by atoms with Crippen molar-refractivity contribution in [1.29, 1.82) is 0 Å². The predicted octanol–water partition coefficient (Wildman–Crippen LogP) is 3.02. The third kappa shape index (κ3) is 2.85. The van der Waals surface area contributed by atoms with Gasteiger partial charge in [-0.2, -0.15) is 0 Å². The highest BCUT2D eigenvalue weighted by Gasteiger charge is 2.59. The largest absolute Gasteiger partial charge is 0.369 e. The van der Waals surface area contributed by atoms with Crippen molar-refractivity contribution in [3.63, 3.8) is 0 Å². The summed E-state index contributed by atoms with van der Waals surface area (Å²) < 4.78 is 5.99. The number of carbonyl (C=O) groups excluding carboxylic acids is 1. The average molecular weight is 349 g/mol. The van der Waals surface area contributed by atoms with Crippen LogP contribution < -0.4 is 5.32 Å². The number of benzene rings is 1. The average Bonchev–Trinajstić information content (AvgIpc) is 3.29. The molecule has 3 atom stereocenters. The highest BCUT2D eigenvalue weighted by atomic mass is 35.5. The number of hydrogen-bond acceptors (Lipinski definition) is 3. The van der Waals surface area contributed by atoms with Crippen LogP contribution in [0, 0.1) is 11.3 Å². The maximum Gasteiger partial charge on any atom is 0.226 e. The molecule has 3 fully saturated rings. The van der Waals surface area contributed by atoms with Crippen LogP contribution >= 0.6 is 11.6 Å². The number of morpholine rings is 1. The van der Waals surface area contributed by atoms with Crippen molar-refractivity contribution in [3.8, 4) is 0 Å². The number of halogens is 1. The molecule has 1 N–H and O–H groups in total. The lowest BCUT2D eigenvalue weighted by atomic mass is 9.91. The van der Waals surface area contributed by atoms with Gasteiger partial charge in [0.05, 0.1) is 19.2 Å². The maximum atomic E-state index is 13.1. The van der Waals surface area contributed by atoms with Crippen LogP contribution in [0.4, 0.5) is 0 Å². The molecule has 1 saturated carbocycles. The van der Waals surface area contributed by atoms with E-state index in [0.29, 0.717) is 24.1 Å². The Balaban J connectivity index is 1.48. The van der Waals surface area contributed by atoms with Gasteiger partial charge in [0.15, 0.2) is 0 Å². The van der Waals surface area contributed by atoms with Crippen molar-refractivity contribution < 1.29 is 9.53 Å². The molecule has 0 unspecified atom stereocenters. The zero-order valence-corrected chi connectivity index (χ0v) is 14.9. The minimum Gasteiger partial charge on any atom is -0.369 e. The Morgan fingerprint density at radius 1 is 1.33 bits per heavy atom. The lowest BCUT2D eigenvalue weighted by Gasteiger charge is -2.39. The molecule has 0 radical (unpaired) electrons. The number of amides is 1. The van der Waals surface area contributed by atoms with Crippen molar-refractivity contribution in [1.82, 2.24) is 10.2 Å². The molecule has 5 heteroatoms. The topological polar surface area (TPSA) is 41.6 Å². The van der Waals surface area contributed by atoms with Gasteiger partial charge in [-0.25, -0.2) is 0 Å². The Kier molecular flexibility index (Phi) is 4.31. The third-order valence-corrected chi connectivity index (χ3v) is 6.40. The Labute approximate surface area is 148 Å². The number of piperidine rings is 1. The van der Waals surface area contributed by atoms with Crippen LogP contribution in [0.5, 0.6) is 0 Å². The van der Waals surface area contributed by atoms with Crippen LogP contribution in [0.15, 0.2) is 24.3 Å². The van der Waals surface area contributed by atoms with Crippen LogP contribution in [0.25, 0.3) is 0 Å². The van der Waals surface area contributed by atoms with Gasteiger partial charge in [0, 0.05) is 16.5 Å². The predicted molar refractivity (Wildman–Crippen MR) is 94.0 cm³/mol. The van der Waals surface area contributed by atoms with Crippen LogP contribution in [0.1, 0.15) is 37.9 Å². The van der Waals surface area contributed by atoms with E-state index < -0.39 is 0 Å². The Morgan fingerprint density at radius 2 is 2.08 bits per heavy atom. The molecule has 2 heterocycles. The van der Waals surface area contributed by atoms with Gasteiger partial charge in [0.1, 0.15) is 6.10 Å². The molecule has 4 nitrogen and oxygen atoms in total. The summed E-state index contributed by atoms with van der Waals surface area (Å²) in [5, 5.41) is 4.12. The van der Waals surface area contributed by atoms with E-state index in [-0.39, 0.29) is 23.5 Å². The molecule has 1 aromatic carbocycles. The summed E-state index contributed by atoms with van der Waals surface area (Å²) in [4.78, 5) is 15.2. The summed E-state index contributed by atoms with van der Waals surface area (Å²) in [7, 11) is 0. The van der Waals surface area contributed by atoms with Gasteiger partial charge in [0.2, 0.25) is 5.91 Å². The van der Waals surface area contributed by atoms with Crippen LogP contribution in [0.2, 0.25) is 5.02 Å². The van der Waals surface area contributed by atoms with Crippen LogP contribution in [-0.2, 0) is 9.53 Å². The Morgan fingerprint density at radius 3 is 2.83 bits per heavy atom. The maximum absolute atomic E-state index is 13.1. The van der Waals surface area contributed by atoms with E-state index in [0.717, 1.165) is 37.9 Å². The van der Waals surface area contributed by atoms with Gasteiger partial charge in [-0.3, -0.25) is 4.79 Å². The molecule has 1 aromatic rings. The second-order valence-corrected chi connectivity index (χ2v) is 7.96. The summed E-state index contributed by atoms with van der Waals surface area (Å²) in [5.41, 5.74) is 1.26. The van der Waals surface area contributed by atoms with E-state index in [9.17, 15) is 4.79 Å². The Hall–Kier alpha value is -1.10. The van der Waals surface area contributed by atoms with Crippen molar-refractivity contribution in [2.24, 2.45) is 11.3 Å². The van der Waals surface area contributed by atoms with Crippen molar-refractivity contribution >= 4 is 17.5 Å². The van der Waals surface area contributed by atoms with Crippen molar-refractivity contribution in [3.05, 3.63) is 34.9 Å². The Bertz CT molecular complexity index is 630. The molecule has 130 valence electrons. The molecule has 3 aliphatic rings. The molecule has 0 aromatic heterocycles. The first-order chi connectivity index (χ1) is 11.6. The van der Waals surface area contributed by atoms with Crippen molar-refractivity contribution in [2.75, 3.05) is 26.2 Å². The van der Waals surface area contributed by atoms with Crippen LogP contribution in [0.3, 0.4) is 0 Å². The van der Waals surface area contributed by atoms with E-state index >= 15 is 0 Å². The van der Waals surface area contributed by atoms with Gasteiger partial charge in [0.25, 0.3) is 0 Å². The first kappa shape index (κ1) is 16.4. The van der Waals surface area contributed by atoms with E-state index in [1.807, 2.05) is 29.2 Å². The summed E-state index contributed by atoms with van der Waals surface area (Å²) in [6, 6.07) is 7.91. The second kappa shape index (κ2) is 6.32. The summed E-state index contributed by atoms with van der Waals surface area (Å²) in [6.07, 6.45) is 3.21. The van der Waals surface area contributed by atoms with Gasteiger partial charge in [-0.05, 0) is 50.8 Å². The van der Waals surface area contributed by atoms with Gasteiger partial charge in [-0.15, -0.1) is 0 Å². The normalized spacial score (nSPS) is 31.9. The highest BCUT2D eigenvalue weighted by Crippen LogP contribution is 2.59. The number of hydrogen-bond donors (Lipinski definition) is 1. The van der Waals surface area contributed by atoms with E-state index in [4.69, 9.17) is 16.3 Å². The number of ether oxygens (including phenoxy) is 1. The first-order valence-electron chi connectivity index (χ1n) is 8.98. The number of carbonyl (C=O) groups is 1. The van der Waals surface area contributed by atoms with E-state index in [1.165, 1.54) is 0 Å². The van der Waals surface area contributed by atoms with Gasteiger partial charge < -0.3 is 15.0 Å². The number of nitrogens with zero attached hydrogens (tertiary/aromatic N) is 1. The molecule has 0 bridgehead atoms. The van der Waals surface area contributed by atoms with Crippen molar-refractivity contribution in [2.45, 2.75) is 38.3 Å². The molecular weight excluding hydrogens is 324 g/mol. The zero-order valence-electron chi connectivity index (χ0n) is 14.1. The number of rotatable bonds is 2. The first-order valence-corrected chi connectivity index (χ1v) is 9.36. The van der Waals surface area contributed by atoms with Gasteiger partial charge in [-0.1, -0.05) is 29.8 Å². The fourth-order valence-electron chi connectivity index (χ4n) is 4.36. The molecule has 1 aliphatic carbocycles. The lowest BCUT2D eigenvalue weighted by Crippen LogP contribution is -2.49. The third-order valence-electron chi connectivity index (χ3n) is 6.06. The highest BCUT2D eigenvalue weighted by molar-refractivity contribution is 6.31. The summed E-state index contributed by atoms with van der Waals surface area (Å²) in [5.74, 6) is 0.539. The standard InChI is InChI=1S/C19H25ClN2O2/c1-13-12-24-17(14-4-2-3-5-16(14)20)11-22(13)18(23)15-10-19(15)6-8-21-9-7-19/h2-5,13,15,17,21H,6-12H2,1H3/t13-,15-,17+/m1/s1. The molecule has 1 spiro atoms. The zero-order chi connectivity index (χ0) is 16.7. The quantitative estimate of drug-likeness (QED) is 0.893. The monoisotopic (exact) mass is 348 g/mol. The molecule has 24 heavy (non-hydrogen) atoms. The van der Waals surface area contributed by atoms with E-state index in [2.05, 4.69) is 12.2 Å². The smallest absolute Gasteiger partial charge is 0.226 e. The molecule has 4 rings (SSSR count). The van der Waals surface area contributed by atoms with Crippen LogP contribution in [-0.4, -0.2) is 43.1 Å². The fourth-order valence-corrected chi connectivity index (χ4v) is 4.62. The summed E-state index contributed by atoms with van der Waals surface area (Å²) >= 11 is 6.32. The number of nitrogens with one attached hydrogen (secondary N) is 1. The minimum atomic E-state index is -0.124.